The fourth-order valence-corrected chi connectivity index (χ4v) is 0.338. The highest BCUT2D eigenvalue weighted by molar-refractivity contribution is 5.95. The largest absolute Gasteiger partial charge is 0.384 e. The first-order valence-electron chi connectivity index (χ1n) is 2.68. The minimum absolute atomic E-state index is 0.475. The maximum absolute atomic E-state index is 5.34. The van der Waals surface area contributed by atoms with Crippen molar-refractivity contribution in [1.29, 1.82) is 0 Å². The van der Waals surface area contributed by atoms with Crippen LogP contribution in [0.2, 0.25) is 0 Å². The average Bonchev–Trinajstić information content (AvgIpc) is 1.85. The molecule has 0 fully saturated rings. The molecule has 0 aromatic carbocycles. The summed E-state index contributed by atoms with van der Waals surface area (Å²) in [5.74, 6) is 0.475. The van der Waals surface area contributed by atoms with Gasteiger partial charge in [-0.15, -0.1) is 0 Å². The fourth-order valence-electron chi connectivity index (χ4n) is 0.338. The van der Waals surface area contributed by atoms with E-state index in [1.54, 1.807) is 13.1 Å². The molecule has 50 valence electrons. The lowest BCUT2D eigenvalue weighted by Crippen LogP contribution is -2.06. The number of hydrogen-bond acceptors (Lipinski definition) is 1. The van der Waals surface area contributed by atoms with E-state index < -0.39 is 0 Å². The van der Waals surface area contributed by atoms with Crippen LogP contribution < -0.4 is 5.73 Å². The van der Waals surface area contributed by atoms with Gasteiger partial charge in [0.05, 0.1) is 0 Å². The lowest BCUT2D eigenvalue weighted by Gasteiger charge is -1.83. The fraction of sp³-hybridized carbons (Fsp3) is 0.333. The Balaban J connectivity index is 3.84. The quantitative estimate of drug-likeness (QED) is 0.426. The van der Waals surface area contributed by atoms with Gasteiger partial charge < -0.3 is 5.73 Å². The summed E-state index contributed by atoms with van der Waals surface area (Å²) in [4.78, 5) is 7.38. The molecule has 0 spiro atoms. The van der Waals surface area contributed by atoms with Gasteiger partial charge >= 0.3 is 0 Å². The van der Waals surface area contributed by atoms with Crippen molar-refractivity contribution < 1.29 is 0 Å². The first-order chi connectivity index (χ1) is 4.31. The molecule has 2 N–H and O–H groups in total. The van der Waals surface area contributed by atoms with Crippen molar-refractivity contribution in [3.05, 3.63) is 12.2 Å². The van der Waals surface area contributed by atoms with Gasteiger partial charge in [-0.25, -0.2) is 4.99 Å². The SMILES string of the molecule is C/C=C/C(N)=NC=NC. The highest BCUT2D eigenvalue weighted by Crippen LogP contribution is 1.70. The Morgan fingerprint density at radius 3 is 2.67 bits per heavy atom. The monoisotopic (exact) mass is 125 g/mol. The third-order valence-electron chi connectivity index (χ3n) is 0.660. The topological polar surface area (TPSA) is 50.7 Å². The molecule has 0 radical (unpaired) electrons. The van der Waals surface area contributed by atoms with Crippen LogP contribution in [-0.4, -0.2) is 19.2 Å². The van der Waals surface area contributed by atoms with Gasteiger partial charge in [0, 0.05) is 7.05 Å². The van der Waals surface area contributed by atoms with Crippen LogP contribution in [0.1, 0.15) is 6.92 Å². The molecule has 0 atom stereocenters. The minimum atomic E-state index is 0.475. The number of rotatable bonds is 2. The van der Waals surface area contributed by atoms with Crippen molar-refractivity contribution in [2.75, 3.05) is 7.05 Å². The van der Waals surface area contributed by atoms with Gasteiger partial charge in [-0.3, -0.25) is 4.99 Å². The molecule has 0 bridgehead atoms. The number of nitrogens with two attached hydrogens (primary N) is 1. The van der Waals surface area contributed by atoms with Gasteiger partial charge in [0.25, 0.3) is 0 Å². The summed E-state index contributed by atoms with van der Waals surface area (Å²) < 4.78 is 0. The van der Waals surface area contributed by atoms with E-state index in [0.717, 1.165) is 0 Å². The summed E-state index contributed by atoms with van der Waals surface area (Å²) in [5, 5.41) is 0. The van der Waals surface area contributed by atoms with Crippen molar-refractivity contribution in [2.45, 2.75) is 6.92 Å². The molecule has 9 heavy (non-hydrogen) atoms. The van der Waals surface area contributed by atoms with E-state index in [2.05, 4.69) is 9.98 Å². The van der Waals surface area contributed by atoms with E-state index in [9.17, 15) is 0 Å². The van der Waals surface area contributed by atoms with E-state index in [4.69, 9.17) is 5.73 Å². The molecule has 3 heteroatoms. The first-order valence-corrected chi connectivity index (χ1v) is 2.68. The van der Waals surface area contributed by atoms with E-state index in [1.165, 1.54) is 6.34 Å². The summed E-state index contributed by atoms with van der Waals surface area (Å²) in [6, 6.07) is 0. The molecule has 0 amide bonds. The summed E-state index contributed by atoms with van der Waals surface area (Å²) in [6.45, 7) is 1.88. The predicted molar refractivity (Wildman–Crippen MR) is 40.9 cm³/mol. The van der Waals surface area contributed by atoms with Gasteiger partial charge in [0.15, 0.2) is 0 Å². The smallest absolute Gasteiger partial charge is 0.124 e. The molecule has 0 saturated heterocycles. The molecule has 0 aromatic rings. The lowest BCUT2D eigenvalue weighted by molar-refractivity contribution is 1.44. The molecule has 0 aliphatic heterocycles. The second kappa shape index (κ2) is 5.03. The second-order valence-electron chi connectivity index (χ2n) is 1.43. The molecular weight excluding hydrogens is 114 g/mol. The number of amidine groups is 1. The number of nitrogens with zero attached hydrogens (tertiary/aromatic N) is 2. The minimum Gasteiger partial charge on any atom is -0.384 e. The standard InChI is InChI=1S/C6H11N3/c1-3-4-6(7)9-5-8-2/h3-5H,1-2H3,(H2,7,8,9)/b4-3+. The molecule has 0 rings (SSSR count). The van der Waals surface area contributed by atoms with Crippen molar-refractivity contribution >= 4 is 12.2 Å². The van der Waals surface area contributed by atoms with Gasteiger partial charge in [-0.05, 0) is 13.0 Å². The Kier molecular flexibility index (Phi) is 4.40. The second-order valence-corrected chi connectivity index (χ2v) is 1.43. The summed E-state index contributed by atoms with van der Waals surface area (Å²) >= 11 is 0. The molecule has 0 unspecified atom stereocenters. The molecule has 0 aliphatic carbocycles. The molecule has 0 saturated carbocycles. The summed E-state index contributed by atoms with van der Waals surface area (Å²) in [7, 11) is 1.65. The molecular formula is C6H11N3. The van der Waals surface area contributed by atoms with Gasteiger partial charge in [-0.2, -0.15) is 0 Å². The van der Waals surface area contributed by atoms with Crippen LogP contribution in [0.15, 0.2) is 22.1 Å². The van der Waals surface area contributed by atoms with Crippen molar-refractivity contribution in [2.24, 2.45) is 15.7 Å². The maximum Gasteiger partial charge on any atom is 0.124 e. The van der Waals surface area contributed by atoms with Gasteiger partial charge in [0.2, 0.25) is 0 Å². The molecule has 3 nitrogen and oxygen atoms in total. The van der Waals surface area contributed by atoms with E-state index >= 15 is 0 Å². The number of hydrogen-bond donors (Lipinski definition) is 1. The van der Waals surface area contributed by atoms with Gasteiger partial charge in [0.1, 0.15) is 12.2 Å². The summed E-state index contributed by atoms with van der Waals surface area (Å²) in [6.07, 6.45) is 4.94. The molecule has 0 heterocycles. The van der Waals surface area contributed by atoms with Crippen LogP contribution in [0.3, 0.4) is 0 Å². The zero-order chi connectivity index (χ0) is 7.11. The Hall–Kier alpha value is -1.12. The van der Waals surface area contributed by atoms with Crippen LogP contribution in [0.25, 0.3) is 0 Å². The van der Waals surface area contributed by atoms with Crippen LogP contribution in [0.5, 0.6) is 0 Å². The van der Waals surface area contributed by atoms with Crippen molar-refractivity contribution in [3.8, 4) is 0 Å². The lowest BCUT2D eigenvalue weighted by atomic mass is 10.5. The third kappa shape index (κ3) is 4.74. The highest BCUT2D eigenvalue weighted by Gasteiger charge is 1.75. The van der Waals surface area contributed by atoms with E-state index in [-0.39, 0.29) is 0 Å². The van der Waals surface area contributed by atoms with E-state index in [0.29, 0.717) is 5.84 Å². The predicted octanol–water partition coefficient (Wildman–Crippen LogP) is 0.578. The Labute approximate surface area is 55.0 Å². The van der Waals surface area contributed by atoms with Crippen LogP contribution in [0.4, 0.5) is 0 Å². The van der Waals surface area contributed by atoms with E-state index in [1.807, 2.05) is 13.0 Å². The molecule has 0 aliphatic rings. The zero-order valence-electron chi connectivity index (χ0n) is 5.70. The summed E-state index contributed by atoms with van der Waals surface area (Å²) in [5.41, 5.74) is 5.34. The normalized spacial score (nSPS) is 13.8. The van der Waals surface area contributed by atoms with Gasteiger partial charge in [-0.1, -0.05) is 6.08 Å². The third-order valence-corrected chi connectivity index (χ3v) is 0.660. The van der Waals surface area contributed by atoms with Crippen LogP contribution >= 0.6 is 0 Å². The number of aliphatic imine (C=N–C) groups is 2. The Morgan fingerprint density at radius 2 is 2.22 bits per heavy atom. The first kappa shape index (κ1) is 7.88. The van der Waals surface area contributed by atoms with Crippen LogP contribution in [0, 0.1) is 0 Å². The van der Waals surface area contributed by atoms with Crippen molar-refractivity contribution in [1.82, 2.24) is 0 Å². The van der Waals surface area contributed by atoms with Crippen molar-refractivity contribution in [3.63, 3.8) is 0 Å². The Bertz CT molecular complexity index is 144. The Morgan fingerprint density at radius 1 is 1.56 bits per heavy atom. The average molecular weight is 125 g/mol. The molecule has 0 aromatic heterocycles. The zero-order valence-corrected chi connectivity index (χ0v) is 5.70. The number of allylic oxidation sites excluding steroid dienone is 1. The highest BCUT2D eigenvalue weighted by atomic mass is 14.9. The van der Waals surface area contributed by atoms with Crippen LogP contribution in [-0.2, 0) is 0 Å². The maximum atomic E-state index is 5.34.